The Bertz CT molecular complexity index is 942. The van der Waals surface area contributed by atoms with E-state index in [1.165, 1.54) is 18.5 Å². The highest BCUT2D eigenvalue weighted by atomic mass is 16.5. The first kappa shape index (κ1) is 23.0. The minimum atomic E-state index is -0.171. The average Bonchev–Trinajstić information content (AvgIpc) is 3.33. The van der Waals surface area contributed by atoms with Crippen molar-refractivity contribution in [2.45, 2.75) is 25.7 Å². The van der Waals surface area contributed by atoms with E-state index < -0.39 is 0 Å². The minimum absolute atomic E-state index is 0.00541. The van der Waals surface area contributed by atoms with Gasteiger partial charge in [-0.1, -0.05) is 24.3 Å². The molecule has 1 N–H and O–H groups in total. The lowest BCUT2D eigenvalue weighted by Gasteiger charge is -2.20. The number of ether oxygens (including phenoxy) is 2. The number of allylic oxidation sites excluding steroid dienone is 1. The van der Waals surface area contributed by atoms with Crippen molar-refractivity contribution in [3.63, 3.8) is 0 Å². The zero-order valence-electron chi connectivity index (χ0n) is 17.9. The van der Waals surface area contributed by atoms with Crippen molar-refractivity contribution in [2.24, 2.45) is 0 Å². The summed E-state index contributed by atoms with van der Waals surface area (Å²) in [6.07, 6.45) is 4.93. The van der Waals surface area contributed by atoms with Gasteiger partial charge in [-0.2, -0.15) is 5.26 Å². The normalized spacial score (nSPS) is 14.2. The van der Waals surface area contributed by atoms with E-state index >= 15 is 0 Å². The maximum Gasteiger partial charge on any atom is 0.173 e. The van der Waals surface area contributed by atoms with Crippen LogP contribution >= 0.6 is 0 Å². The van der Waals surface area contributed by atoms with Crippen LogP contribution in [0.2, 0.25) is 0 Å². The van der Waals surface area contributed by atoms with Crippen LogP contribution in [0.1, 0.15) is 31.2 Å². The van der Waals surface area contributed by atoms with Crippen LogP contribution in [0, 0.1) is 11.3 Å². The second-order valence-electron chi connectivity index (χ2n) is 7.60. The molecule has 6 nitrogen and oxygen atoms in total. The predicted octanol–water partition coefficient (Wildman–Crippen LogP) is 3.72. The number of hydrogen-bond acceptors (Lipinski definition) is 6. The highest BCUT2D eigenvalue weighted by molar-refractivity contribution is 6.04. The number of rotatable bonds is 12. The van der Waals surface area contributed by atoms with Crippen molar-refractivity contribution in [3.05, 3.63) is 47.5 Å². The number of hydrogen-bond donors (Lipinski definition) is 1. The molecule has 0 bridgehead atoms. The number of nitriles is 1. The molecule has 31 heavy (non-hydrogen) atoms. The molecule has 6 heteroatoms. The van der Waals surface area contributed by atoms with Crippen molar-refractivity contribution < 1.29 is 19.4 Å². The van der Waals surface area contributed by atoms with E-state index in [1.807, 2.05) is 12.1 Å². The Labute approximate surface area is 183 Å². The Morgan fingerprint density at radius 3 is 2.61 bits per heavy atom. The second kappa shape index (κ2) is 12.2. The summed E-state index contributed by atoms with van der Waals surface area (Å²) in [7, 11) is 0. The molecule has 0 unspecified atom stereocenters. The largest absolute Gasteiger partial charge is 0.394 e. The van der Waals surface area contributed by atoms with Crippen LogP contribution in [0.15, 0.2) is 42.0 Å². The number of carbonyl (C=O) groups is 1. The van der Waals surface area contributed by atoms with Crippen molar-refractivity contribution in [1.29, 1.82) is 5.26 Å². The topological polar surface area (TPSA) is 82.8 Å². The third-order valence-electron chi connectivity index (χ3n) is 5.36. The monoisotopic (exact) mass is 422 g/mol. The molecule has 0 radical (unpaired) electrons. The molecular formula is C25H30N2O4. The van der Waals surface area contributed by atoms with Crippen molar-refractivity contribution in [1.82, 2.24) is 0 Å². The smallest absolute Gasteiger partial charge is 0.173 e. The highest BCUT2D eigenvalue weighted by Gasteiger charge is 2.15. The molecule has 2 aromatic rings. The SMILES string of the molecule is N#C/C(=C\c1ccc2cccc(N3CCCC3)c2c1)C(=O)CCCOCCOCCO. The van der Waals surface area contributed by atoms with Crippen LogP contribution in [-0.2, 0) is 14.3 Å². The number of carbonyl (C=O) groups excluding carboxylic acids is 1. The summed E-state index contributed by atoms with van der Waals surface area (Å²) in [6, 6.07) is 14.5. The van der Waals surface area contributed by atoms with Gasteiger partial charge in [0.1, 0.15) is 6.07 Å². The standard InChI is InChI=1S/C25H30N2O4/c26-19-22(25(29)7-4-13-30-15-16-31-14-12-28)17-20-8-9-21-5-3-6-24(23(21)18-20)27-10-1-2-11-27/h3,5-6,8-9,17-18,28H,1-2,4,7,10-16H2/b22-17+. The Morgan fingerprint density at radius 2 is 1.87 bits per heavy atom. The summed E-state index contributed by atoms with van der Waals surface area (Å²) in [5.41, 5.74) is 2.25. The molecule has 164 valence electrons. The maximum atomic E-state index is 12.5. The molecule has 1 saturated heterocycles. The van der Waals surface area contributed by atoms with Crippen LogP contribution in [0.4, 0.5) is 5.69 Å². The molecule has 1 fully saturated rings. The van der Waals surface area contributed by atoms with Crippen LogP contribution in [0.3, 0.4) is 0 Å². The van der Waals surface area contributed by atoms with Crippen LogP contribution in [-0.4, -0.2) is 57.0 Å². The molecule has 1 aliphatic heterocycles. The lowest BCUT2D eigenvalue weighted by atomic mass is 10.0. The third-order valence-corrected chi connectivity index (χ3v) is 5.36. The number of Topliss-reactive ketones (excluding diaryl/α,β-unsaturated/α-hetero) is 1. The summed E-state index contributed by atoms with van der Waals surface area (Å²) in [4.78, 5) is 14.9. The molecule has 3 rings (SSSR count). The first-order chi connectivity index (χ1) is 15.2. The molecule has 0 saturated carbocycles. The quantitative estimate of drug-likeness (QED) is 0.319. The zero-order valence-corrected chi connectivity index (χ0v) is 17.9. The number of ketones is 1. The molecule has 0 aliphatic carbocycles. The summed E-state index contributed by atoms with van der Waals surface area (Å²) < 4.78 is 10.5. The van der Waals surface area contributed by atoms with Gasteiger partial charge in [0.2, 0.25) is 0 Å². The van der Waals surface area contributed by atoms with E-state index in [1.54, 1.807) is 6.08 Å². The van der Waals surface area contributed by atoms with Crippen molar-refractivity contribution >= 4 is 28.3 Å². The molecule has 0 amide bonds. The Balaban J connectivity index is 1.61. The maximum absolute atomic E-state index is 12.5. The first-order valence-electron chi connectivity index (χ1n) is 10.9. The summed E-state index contributed by atoms with van der Waals surface area (Å²) in [5, 5.41) is 20.4. The Kier molecular flexibility index (Phi) is 9.04. The first-order valence-corrected chi connectivity index (χ1v) is 10.9. The van der Waals surface area contributed by atoms with Crippen LogP contribution in [0.25, 0.3) is 16.8 Å². The summed E-state index contributed by atoms with van der Waals surface area (Å²) >= 11 is 0. The molecule has 2 aromatic carbocycles. The molecule has 0 atom stereocenters. The van der Waals surface area contributed by atoms with Gasteiger partial charge in [-0.25, -0.2) is 0 Å². The van der Waals surface area contributed by atoms with Crippen LogP contribution < -0.4 is 4.90 Å². The van der Waals surface area contributed by atoms with Gasteiger partial charge in [0.15, 0.2) is 5.78 Å². The molecule has 1 aliphatic rings. The van der Waals surface area contributed by atoms with Gasteiger partial charge in [0.05, 0.1) is 32.0 Å². The van der Waals surface area contributed by atoms with E-state index in [2.05, 4.69) is 35.2 Å². The lowest BCUT2D eigenvalue weighted by molar-refractivity contribution is -0.115. The van der Waals surface area contributed by atoms with Gasteiger partial charge >= 0.3 is 0 Å². The fraction of sp³-hybridized carbons (Fsp3) is 0.440. The van der Waals surface area contributed by atoms with Gasteiger partial charge in [-0.3, -0.25) is 4.79 Å². The average molecular weight is 423 g/mol. The molecular weight excluding hydrogens is 392 g/mol. The third kappa shape index (κ3) is 6.63. The van der Waals surface area contributed by atoms with Crippen molar-refractivity contribution in [3.8, 4) is 6.07 Å². The Hall–Kier alpha value is -2.72. The molecule has 1 heterocycles. The summed E-state index contributed by atoms with van der Waals surface area (Å²) in [6.45, 7) is 3.70. The van der Waals surface area contributed by atoms with Crippen LogP contribution in [0.5, 0.6) is 0 Å². The van der Waals surface area contributed by atoms with Gasteiger partial charge < -0.3 is 19.5 Å². The van der Waals surface area contributed by atoms with Gasteiger partial charge in [0.25, 0.3) is 0 Å². The highest BCUT2D eigenvalue weighted by Crippen LogP contribution is 2.30. The fourth-order valence-electron chi connectivity index (χ4n) is 3.80. The van der Waals surface area contributed by atoms with Gasteiger partial charge in [0, 0.05) is 37.2 Å². The number of nitrogens with zero attached hydrogens (tertiary/aromatic N) is 2. The number of aliphatic hydroxyl groups is 1. The fourth-order valence-corrected chi connectivity index (χ4v) is 3.80. The van der Waals surface area contributed by atoms with E-state index in [0.717, 1.165) is 29.4 Å². The van der Waals surface area contributed by atoms with E-state index in [9.17, 15) is 10.1 Å². The predicted molar refractivity (Wildman–Crippen MR) is 122 cm³/mol. The number of anilines is 1. The summed E-state index contributed by atoms with van der Waals surface area (Å²) in [5.74, 6) is -0.171. The Morgan fingerprint density at radius 1 is 1.10 bits per heavy atom. The molecule has 0 aromatic heterocycles. The zero-order chi connectivity index (χ0) is 21.9. The number of fused-ring (bicyclic) bond motifs is 1. The second-order valence-corrected chi connectivity index (χ2v) is 7.60. The van der Waals surface area contributed by atoms with Gasteiger partial charge in [-0.05, 0) is 48.4 Å². The van der Waals surface area contributed by atoms with E-state index in [4.69, 9.17) is 14.6 Å². The number of benzene rings is 2. The van der Waals surface area contributed by atoms with Crippen molar-refractivity contribution in [2.75, 3.05) is 51.0 Å². The number of aliphatic hydroxyl groups excluding tert-OH is 1. The lowest BCUT2D eigenvalue weighted by Crippen LogP contribution is -2.17. The molecule has 0 spiro atoms. The van der Waals surface area contributed by atoms with E-state index in [-0.39, 0.29) is 24.4 Å². The van der Waals surface area contributed by atoms with E-state index in [0.29, 0.717) is 32.8 Å². The van der Waals surface area contributed by atoms with Gasteiger partial charge in [-0.15, -0.1) is 0 Å². The minimum Gasteiger partial charge on any atom is -0.394 e.